The van der Waals surface area contributed by atoms with Gasteiger partial charge in [0.15, 0.2) is 0 Å². The number of methoxy groups -OCH3 is 1. The van der Waals surface area contributed by atoms with Crippen molar-refractivity contribution >= 4 is 17.5 Å². The zero-order valence-electron chi connectivity index (χ0n) is 17.7. The summed E-state index contributed by atoms with van der Waals surface area (Å²) in [6.07, 6.45) is 5.75. The quantitative estimate of drug-likeness (QED) is 0.715. The van der Waals surface area contributed by atoms with Gasteiger partial charge in [-0.1, -0.05) is 6.92 Å². The number of carbonyl (C=O) groups is 2. The summed E-state index contributed by atoms with van der Waals surface area (Å²) >= 11 is 0. The first kappa shape index (κ1) is 20.0. The lowest BCUT2D eigenvalue weighted by molar-refractivity contribution is -0.152. The van der Waals surface area contributed by atoms with Crippen molar-refractivity contribution < 1.29 is 14.3 Å². The number of ether oxygens (including phenoxy) is 1. The van der Waals surface area contributed by atoms with Crippen molar-refractivity contribution in [2.24, 2.45) is 5.41 Å². The van der Waals surface area contributed by atoms with E-state index >= 15 is 0 Å². The molecule has 1 saturated carbocycles. The molecule has 3 fully saturated rings. The van der Waals surface area contributed by atoms with Crippen LogP contribution in [0.1, 0.15) is 45.4 Å². The SMILES string of the molecule is CCC1CCCCN1C(=O)C1(C(=O)N2CCN(c3ccc(OC)cc3)CC2)CC1. The van der Waals surface area contributed by atoms with E-state index in [1.807, 2.05) is 21.9 Å². The van der Waals surface area contributed by atoms with E-state index in [2.05, 4.69) is 24.0 Å². The van der Waals surface area contributed by atoms with Crippen LogP contribution in [0.3, 0.4) is 0 Å². The summed E-state index contributed by atoms with van der Waals surface area (Å²) in [6.45, 7) is 5.91. The number of nitrogens with zero attached hydrogens (tertiary/aromatic N) is 3. The molecule has 1 aliphatic carbocycles. The second-order valence-electron chi connectivity index (χ2n) is 8.62. The van der Waals surface area contributed by atoms with Gasteiger partial charge in [-0.2, -0.15) is 0 Å². The van der Waals surface area contributed by atoms with Gasteiger partial charge in [0.25, 0.3) is 0 Å². The predicted octanol–water partition coefficient (Wildman–Crippen LogP) is 2.92. The lowest BCUT2D eigenvalue weighted by atomic mass is 9.95. The number of amides is 2. The highest BCUT2D eigenvalue weighted by molar-refractivity contribution is 6.08. The van der Waals surface area contributed by atoms with Crippen molar-refractivity contribution in [2.45, 2.75) is 51.5 Å². The van der Waals surface area contributed by atoms with E-state index < -0.39 is 5.41 Å². The summed E-state index contributed by atoms with van der Waals surface area (Å²) < 4.78 is 5.23. The Labute approximate surface area is 173 Å². The van der Waals surface area contributed by atoms with Crippen LogP contribution in [-0.2, 0) is 9.59 Å². The zero-order valence-corrected chi connectivity index (χ0v) is 17.7. The number of piperidine rings is 1. The smallest absolute Gasteiger partial charge is 0.238 e. The number of anilines is 1. The summed E-state index contributed by atoms with van der Waals surface area (Å²) in [6, 6.07) is 8.36. The van der Waals surface area contributed by atoms with Crippen molar-refractivity contribution in [3.05, 3.63) is 24.3 Å². The Morgan fingerprint density at radius 1 is 1.00 bits per heavy atom. The first-order valence-corrected chi connectivity index (χ1v) is 11.1. The van der Waals surface area contributed by atoms with Crippen molar-refractivity contribution in [1.29, 1.82) is 0 Å². The highest BCUT2D eigenvalue weighted by Gasteiger charge is 2.60. The fourth-order valence-electron chi connectivity index (χ4n) is 4.87. The van der Waals surface area contributed by atoms with E-state index in [1.54, 1.807) is 7.11 Å². The molecule has 1 aromatic carbocycles. The number of carbonyl (C=O) groups excluding carboxylic acids is 2. The lowest BCUT2D eigenvalue weighted by Gasteiger charge is -2.40. The van der Waals surface area contributed by atoms with Crippen LogP contribution in [0.5, 0.6) is 5.75 Å². The minimum Gasteiger partial charge on any atom is -0.497 e. The third-order valence-electron chi connectivity index (χ3n) is 6.93. The predicted molar refractivity (Wildman–Crippen MR) is 113 cm³/mol. The molecule has 2 heterocycles. The maximum absolute atomic E-state index is 13.3. The van der Waals surface area contributed by atoms with E-state index in [4.69, 9.17) is 4.74 Å². The van der Waals surface area contributed by atoms with Crippen LogP contribution in [0.15, 0.2) is 24.3 Å². The summed E-state index contributed by atoms with van der Waals surface area (Å²) in [4.78, 5) is 32.9. The van der Waals surface area contributed by atoms with Gasteiger partial charge >= 0.3 is 0 Å². The highest BCUT2D eigenvalue weighted by atomic mass is 16.5. The largest absolute Gasteiger partial charge is 0.497 e. The van der Waals surface area contributed by atoms with Crippen LogP contribution < -0.4 is 9.64 Å². The van der Waals surface area contributed by atoms with Crippen LogP contribution in [-0.4, -0.2) is 67.5 Å². The van der Waals surface area contributed by atoms with Gasteiger partial charge in [0.05, 0.1) is 7.11 Å². The fraction of sp³-hybridized carbons (Fsp3) is 0.652. The molecule has 2 saturated heterocycles. The Balaban J connectivity index is 1.38. The first-order chi connectivity index (χ1) is 14.1. The number of hydrogen-bond donors (Lipinski definition) is 0. The number of hydrogen-bond acceptors (Lipinski definition) is 4. The van der Waals surface area contributed by atoms with Gasteiger partial charge in [0, 0.05) is 44.5 Å². The molecule has 0 N–H and O–H groups in total. The summed E-state index contributed by atoms with van der Waals surface area (Å²) in [5.74, 6) is 1.02. The van der Waals surface area contributed by atoms with Crippen LogP contribution in [0, 0.1) is 5.41 Å². The molecule has 6 heteroatoms. The van der Waals surface area contributed by atoms with Gasteiger partial charge < -0.3 is 19.4 Å². The maximum atomic E-state index is 13.3. The van der Waals surface area contributed by atoms with E-state index in [1.165, 1.54) is 6.42 Å². The van der Waals surface area contributed by atoms with Crippen LogP contribution >= 0.6 is 0 Å². The minimum atomic E-state index is -0.757. The summed E-state index contributed by atoms with van der Waals surface area (Å²) in [7, 11) is 1.67. The average molecular weight is 400 g/mol. The van der Waals surface area contributed by atoms with E-state index in [0.717, 1.165) is 63.2 Å². The van der Waals surface area contributed by atoms with Gasteiger partial charge in [-0.15, -0.1) is 0 Å². The number of rotatable bonds is 5. The van der Waals surface area contributed by atoms with Crippen LogP contribution in [0.25, 0.3) is 0 Å². The van der Waals surface area contributed by atoms with Crippen molar-refractivity contribution in [3.63, 3.8) is 0 Å². The van der Waals surface area contributed by atoms with Gasteiger partial charge in [-0.25, -0.2) is 0 Å². The molecule has 0 bridgehead atoms. The zero-order chi connectivity index (χ0) is 20.4. The molecule has 3 aliphatic rings. The molecule has 2 amide bonds. The van der Waals surface area contributed by atoms with E-state index in [-0.39, 0.29) is 11.8 Å². The molecule has 6 nitrogen and oxygen atoms in total. The third-order valence-corrected chi connectivity index (χ3v) is 6.93. The van der Waals surface area contributed by atoms with Gasteiger partial charge in [-0.3, -0.25) is 9.59 Å². The Hall–Kier alpha value is -2.24. The monoisotopic (exact) mass is 399 g/mol. The first-order valence-electron chi connectivity index (χ1n) is 11.1. The van der Waals surface area contributed by atoms with Crippen molar-refractivity contribution in [3.8, 4) is 5.75 Å². The molecule has 158 valence electrons. The molecule has 1 unspecified atom stereocenters. The van der Waals surface area contributed by atoms with Gasteiger partial charge in [0.1, 0.15) is 11.2 Å². The molecule has 29 heavy (non-hydrogen) atoms. The van der Waals surface area contributed by atoms with Crippen LogP contribution in [0.2, 0.25) is 0 Å². The molecular formula is C23H33N3O3. The second-order valence-corrected chi connectivity index (χ2v) is 8.62. The number of likely N-dealkylation sites (tertiary alicyclic amines) is 1. The Morgan fingerprint density at radius 3 is 2.28 bits per heavy atom. The second kappa shape index (κ2) is 8.25. The molecule has 1 atom stereocenters. The molecule has 0 radical (unpaired) electrons. The summed E-state index contributed by atoms with van der Waals surface area (Å²) in [5.41, 5.74) is 0.391. The fourth-order valence-corrected chi connectivity index (χ4v) is 4.87. The summed E-state index contributed by atoms with van der Waals surface area (Å²) in [5, 5.41) is 0. The Bertz CT molecular complexity index is 736. The average Bonchev–Trinajstić information content (AvgIpc) is 3.60. The Morgan fingerprint density at radius 2 is 1.69 bits per heavy atom. The van der Waals surface area contributed by atoms with Crippen molar-refractivity contribution in [2.75, 3.05) is 44.7 Å². The topological polar surface area (TPSA) is 53.1 Å². The van der Waals surface area contributed by atoms with Gasteiger partial charge in [-0.05, 0) is 62.8 Å². The minimum absolute atomic E-state index is 0.0670. The van der Waals surface area contributed by atoms with Crippen LogP contribution in [0.4, 0.5) is 5.69 Å². The molecule has 1 aromatic rings. The highest BCUT2D eigenvalue weighted by Crippen LogP contribution is 2.50. The third kappa shape index (κ3) is 3.81. The number of piperazine rings is 1. The van der Waals surface area contributed by atoms with E-state index in [0.29, 0.717) is 19.1 Å². The van der Waals surface area contributed by atoms with E-state index in [9.17, 15) is 9.59 Å². The molecular weight excluding hydrogens is 366 g/mol. The normalized spacial score (nSPS) is 23.7. The maximum Gasteiger partial charge on any atom is 0.238 e. The Kier molecular flexibility index (Phi) is 5.70. The molecule has 0 aromatic heterocycles. The van der Waals surface area contributed by atoms with Gasteiger partial charge in [0.2, 0.25) is 11.8 Å². The lowest BCUT2D eigenvalue weighted by Crippen LogP contribution is -2.55. The molecule has 4 rings (SSSR count). The standard InChI is InChI=1S/C23H33N3O3/c1-3-18-6-4-5-13-26(18)22(28)23(11-12-23)21(27)25-16-14-24(15-17-25)19-7-9-20(29-2)10-8-19/h7-10,18H,3-6,11-17H2,1-2H3. The molecule has 2 aliphatic heterocycles. The molecule has 0 spiro atoms. The van der Waals surface area contributed by atoms with Crippen molar-refractivity contribution in [1.82, 2.24) is 9.80 Å². The number of benzene rings is 1.